The normalized spacial score (nSPS) is 24.8. The topological polar surface area (TPSA) is 12.0 Å². The molecule has 0 radical (unpaired) electrons. The van der Waals surface area contributed by atoms with Crippen LogP contribution in [0.3, 0.4) is 0 Å². The molecule has 1 aliphatic carbocycles. The van der Waals surface area contributed by atoms with E-state index >= 15 is 0 Å². The number of halogens is 4. The highest BCUT2D eigenvalue weighted by atomic mass is 35.5. The third kappa shape index (κ3) is 4.13. The molecule has 5 heteroatoms. The molecule has 1 nitrogen and oxygen atoms in total. The van der Waals surface area contributed by atoms with Gasteiger partial charge >= 0.3 is 6.18 Å². The lowest BCUT2D eigenvalue weighted by Gasteiger charge is -2.36. The van der Waals surface area contributed by atoms with E-state index in [1.807, 2.05) is 25.1 Å². The van der Waals surface area contributed by atoms with Crippen LogP contribution in [0.4, 0.5) is 13.2 Å². The predicted molar refractivity (Wildman–Crippen MR) is 79.4 cm³/mol. The summed E-state index contributed by atoms with van der Waals surface area (Å²) >= 11 is 6.24. The van der Waals surface area contributed by atoms with Crippen molar-refractivity contribution in [1.82, 2.24) is 5.32 Å². The molecule has 3 atom stereocenters. The summed E-state index contributed by atoms with van der Waals surface area (Å²) in [6.07, 6.45) is -2.21. The fourth-order valence-corrected chi connectivity index (χ4v) is 3.56. The lowest BCUT2D eigenvalue weighted by atomic mass is 9.75. The summed E-state index contributed by atoms with van der Waals surface area (Å²) in [7, 11) is 0. The van der Waals surface area contributed by atoms with Crippen molar-refractivity contribution in [1.29, 1.82) is 0 Å². The maximum atomic E-state index is 13.0. The highest BCUT2D eigenvalue weighted by Crippen LogP contribution is 2.44. The molecule has 0 heterocycles. The first-order valence-electron chi connectivity index (χ1n) is 7.48. The van der Waals surface area contributed by atoms with Crippen LogP contribution in [0.15, 0.2) is 24.3 Å². The predicted octanol–water partition coefficient (Wildman–Crippen LogP) is 5.36. The van der Waals surface area contributed by atoms with E-state index in [0.717, 1.165) is 12.0 Å². The minimum absolute atomic E-state index is 0.0229. The van der Waals surface area contributed by atoms with Crippen molar-refractivity contribution < 1.29 is 13.2 Å². The third-order valence-electron chi connectivity index (χ3n) is 4.31. The van der Waals surface area contributed by atoms with Crippen LogP contribution >= 0.6 is 11.6 Å². The number of hydrogen-bond donors (Lipinski definition) is 1. The second-order valence-electron chi connectivity index (χ2n) is 5.72. The first-order chi connectivity index (χ1) is 9.93. The SMILES string of the molecule is CCNC(c1ccccc1Cl)C1CCCC(C(F)(F)F)C1. The maximum absolute atomic E-state index is 13.0. The molecule has 0 bridgehead atoms. The van der Waals surface area contributed by atoms with Crippen molar-refractivity contribution in [2.45, 2.75) is 44.8 Å². The summed E-state index contributed by atoms with van der Waals surface area (Å²) in [4.78, 5) is 0. The van der Waals surface area contributed by atoms with Crippen LogP contribution in [0.25, 0.3) is 0 Å². The van der Waals surface area contributed by atoms with E-state index in [0.29, 0.717) is 18.0 Å². The lowest BCUT2D eigenvalue weighted by molar-refractivity contribution is -0.186. The van der Waals surface area contributed by atoms with Gasteiger partial charge in [-0.05, 0) is 43.4 Å². The van der Waals surface area contributed by atoms with Gasteiger partial charge in [0, 0.05) is 11.1 Å². The molecule has 21 heavy (non-hydrogen) atoms. The molecular weight excluding hydrogens is 299 g/mol. The van der Waals surface area contributed by atoms with Crippen LogP contribution < -0.4 is 5.32 Å². The highest BCUT2D eigenvalue weighted by Gasteiger charge is 2.43. The Kier molecular flexibility index (Phi) is 5.55. The Labute approximate surface area is 128 Å². The minimum atomic E-state index is -4.09. The Hall–Kier alpha value is -0.740. The number of nitrogens with one attached hydrogen (secondary N) is 1. The zero-order valence-electron chi connectivity index (χ0n) is 12.1. The van der Waals surface area contributed by atoms with Gasteiger partial charge in [-0.3, -0.25) is 0 Å². The number of alkyl halides is 3. The van der Waals surface area contributed by atoms with Gasteiger partial charge in [-0.1, -0.05) is 43.1 Å². The summed E-state index contributed by atoms with van der Waals surface area (Å²) in [5.74, 6) is -1.20. The second kappa shape index (κ2) is 7.01. The third-order valence-corrected chi connectivity index (χ3v) is 4.66. The van der Waals surface area contributed by atoms with Gasteiger partial charge in [0.15, 0.2) is 0 Å². The molecule has 118 valence electrons. The fraction of sp³-hybridized carbons (Fsp3) is 0.625. The fourth-order valence-electron chi connectivity index (χ4n) is 3.31. The standard InChI is InChI=1S/C16H21ClF3N/c1-2-21-15(13-8-3-4-9-14(13)17)11-6-5-7-12(10-11)16(18,19)20/h3-4,8-9,11-12,15,21H,2,5-7,10H2,1H3. The Morgan fingerprint density at radius 3 is 2.62 bits per heavy atom. The molecule has 0 amide bonds. The number of hydrogen-bond acceptors (Lipinski definition) is 1. The van der Waals surface area contributed by atoms with Crippen molar-refractivity contribution in [2.75, 3.05) is 6.54 Å². The molecule has 0 spiro atoms. The van der Waals surface area contributed by atoms with E-state index in [2.05, 4.69) is 5.32 Å². The Morgan fingerprint density at radius 2 is 2.00 bits per heavy atom. The van der Waals surface area contributed by atoms with Crippen molar-refractivity contribution in [3.63, 3.8) is 0 Å². The average Bonchev–Trinajstić information content (AvgIpc) is 2.45. The van der Waals surface area contributed by atoms with Crippen LogP contribution in [0.2, 0.25) is 5.02 Å². The van der Waals surface area contributed by atoms with Crippen LogP contribution in [0.5, 0.6) is 0 Å². The smallest absolute Gasteiger partial charge is 0.310 e. The van der Waals surface area contributed by atoms with Gasteiger partial charge < -0.3 is 5.32 Å². The van der Waals surface area contributed by atoms with E-state index in [9.17, 15) is 13.2 Å². The Bertz CT molecular complexity index is 461. The van der Waals surface area contributed by atoms with Gasteiger partial charge in [0.25, 0.3) is 0 Å². The maximum Gasteiger partial charge on any atom is 0.391 e. The number of rotatable bonds is 4. The van der Waals surface area contributed by atoms with Crippen LogP contribution in [-0.4, -0.2) is 12.7 Å². The van der Waals surface area contributed by atoms with Gasteiger partial charge in [-0.15, -0.1) is 0 Å². The molecule has 1 aromatic carbocycles. The minimum Gasteiger partial charge on any atom is -0.310 e. The average molecular weight is 320 g/mol. The van der Waals surface area contributed by atoms with E-state index in [-0.39, 0.29) is 24.8 Å². The largest absolute Gasteiger partial charge is 0.391 e. The Morgan fingerprint density at radius 1 is 1.29 bits per heavy atom. The molecule has 0 aliphatic heterocycles. The molecule has 1 aliphatic rings. The summed E-state index contributed by atoms with van der Waals surface area (Å²) in [6.45, 7) is 2.68. The number of benzene rings is 1. The van der Waals surface area contributed by atoms with Crippen molar-refractivity contribution in [3.8, 4) is 0 Å². The molecule has 1 saturated carbocycles. The van der Waals surface area contributed by atoms with Gasteiger partial charge in [0.2, 0.25) is 0 Å². The lowest BCUT2D eigenvalue weighted by Crippen LogP contribution is -2.35. The van der Waals surface area contributed by atoms with E-state index < -0.39 is 12.1 Å². The quantitative estimate of drug-likeness (QED) is 0.787. The summed E-state index contributed by atoms with van der Waals surface area (Å²) in [6, 6.07) is 7.33. The summed E-state index contributed by atoms with van der Waals surface area (Å²) in [5.41, 5.74) is 0.911. The second-order valence-corrected chi connectivity index (χ2v) is 6.13. The highest BCUT2D eigenvalue weighted by molar-refractivity contribution is 6.31. The van der Waals surface area contributed by atoms with Crippen LogP contribution in [-0.2, 0) is 0 Å². The molecule has 2 rings (SSSR count). The van der Waals surface area contributed by atoms with Gasteiger partial charge in [0.05, 0.1) is 5.92 Å². The van der Waals surface area contributed by atoms with E-state index in [4.69, 9.17) is 11.6 Å². The van der Waals surface area contributed by atoms with Gasteiger partial charge in [0.1, 0.15) is 0 Å². The molecule has 1 fully saturated rings. The Balaban J connectivity index is 2.20. The zero-order valence-corrected chi connectivity index (χ0v) is 12.8. The van der Waals surface area contributed by atoms with E-state index in [1.54, 1.807) is 6.07 Å². The summed E-state index contributed by atoms with van der Waals surface area (Å²) in [5, 5.41) is 3.95. The summed E-state index contributed by atoms with van der Waals surface area (Å²) < 4.78 is 39.0. The molecule has 1 aromatic rings. The zero-order chi connectivity index (χ0) is 15.5. The van der Waals surface area contributed by atoms with E-state index in [1.165, 1.54) is 0 Å². The van der Waals surface area contributed by atoms with Gasteiger partial charge in [-0.25, -0.2) is 0 Å². The van der Waals surface area contributed by atoms with Crippen molar-refractivity contribution >= 4 is 11.6 Å². The molecule has 1 N–H and O–H groups in total. The molecular formula is C16H21ClF3N. The monoisotopic (exact) mass is 319 g/mol. The first kappa shape index (κ1) is 16.6. The van der Waals surface area contributed by atoms with Crippen LogP contribution in [0.1, 0.15) is 44.2 Å². The molecule has 3 unspecified atom stereocenters. The van der Waals surface area contributed by atoms with Gasteiger partial charge in [-0.2, -0.15) is 13.2 Å². The molecule has 0 saturated heterocycles. The molecule has 0 aromatic heterocycles. The van der Waals surface area contributed by atoms with Crippen LogP contribution in [0, 0.1) is 11.8 Å². The van der Waals surface area contributed by atoms with Crippen molar-refractivity contribution in [2.24, 2.45) is 11.8 Å². The van der Waals surface area contributed by atoms with Crippen molar-refractivity contribution in [3.05, 3.63) is 34.9 Å². The first-order valence-corrected chi connectivity index (χ1v) is 7.85.